The van der Waals surface area contributed by atoms with Crippen LogP contribution in [0.3, 0.4) is 0 Å². The number of amides is 1. The lowest BCUT2D eigenvalue weighted by Crippen LogP contribution is -2.45. The van der Waals surface area contributed by atoms with Gasteiger partial charge in [-0.1, -0.05) is 30.3 Å². The van der Waals surface area contributed by atoms with Crippen LogP contribution in [0, 0.1) is 0 Å². The van der Waals surface area contributed by atoms with Crippen molar-refractivity contribution < 1.29 is 14.4 Å². The fourth-order valence-electron chi connectivity index (χ4n) is 1.76. The molecule has 0 fully saturated rings. The largest absolute Gasteiger partial charge is 0.370 e. The molecule has 0 saturated heterocycles. The highest BCUT2D eigenvalue weighted by Gasteiger charge is 2.27. The Balaban J connectivity index is 2.55. The van der Waals surface area contributed by atoms with Gasteiger partial charge in [-0.05, 0) is 18.4 Å². The summed E-state index contributed by atoms with van der Waals surface area (Å²) in [7, 11) is 0. The van der Waals surface area contributed by atoms with Gasteiger partial charge in [-0.25, -0.2) is 0 Å². The summed E-state index contributed by atoms with van der Waals surface area (Å²) in [5.74, 6) is -2.03. The molecule has 0 aliphatic carbocycles. The van der Waals surface area contributed by atoms with E-state index < -0.39 is 29.6 Å². The first-order chi connectivity index (χ1) is 9.41. The maximum Gasteiger partial charge on any atom is 0.217 e. The summed E-state index contributed by atoms with van der Waals surface area (Å²) in [5.41, 5.74) is 17.1. The third-order valence-corrected chi connectivity index (χ3v) is 2.92. The van der Waals surface area contributed by atoms with Gasteiger partial charge in [0, 0.05) is 6.42 Å². The number of primary amides is 1. The number of hydrogen-bond acceptors (Lipinski definition) is 5. The van der Waals surface area contributed by atoms with E-state index in [1.165, 1.54) is 0 Å². The van der Waals surface area contributed by atoms with Crippen molar-refractivity contribution in [3.05, 3.63) is 35.9 Å². The number of Topliss-reactive ketones (excluding diaryl/α,β-unsaturated/α-hetero) is 2. The second-order valence-corrected chi connectivity index (χ2v) is 4.64. The van der Waals surface area contributed by atoms with Gasteiger partial charge in [0.25, 0.3) is 0 Å². The first-order valence-corrected chi connectivity index (χ1v) is 6.33. The summed E-state index contributed by atoms with van der Waals surface area (Å²) < 4.78 is 0. The summed E-state index contributed by atoms with van der Waals surface area (Å²) in [6.07, 6.45) is 0.292. The van der Waals surface area contributed by atoms with Gasteiger partial charge in [-0.3, -0.25) is 14.4 Å². The number of hydrogen-bond donors (Lipinski definition) is 3. The third-order valence-electron chi connectivity index (χ3n) is 2.92. The van der Waals surface area contributed by atoms with E-state index in [9.17, 15) is 14.4 Å². The minimum atomic E-state index is -1.03. The number of nitrogens with two attached hydrogens (primary N) is 3. The van der Waals surface area contributed by atoms with Crippen LogP contribution in [-0.4, -0.2) is 29.6 Å². The molecule has 0 bridgehead atoms. The lowest BCUT2D eigenvalue weighted by Gasteiger charge is -2.13. The Hall–Kier alpha value is -2.05. The number of carbonyl (C=O) groups is 3. The zero-order valence-electron chi connectivity index (χ0n) is 11.1. The second-order valence-electron chi connectivity index (χ2n) is 4.64. The van der Waals surface area contributed by atoms with Crippen LogP contribution in [0.15, 0.2) is 30.3 Å². The van der Waals surface area contributed by atoms with E-state index >= 15 is 0 Å². The number of benzene rings is 1. The quantitative estimate of drug-likeness (QED) is 0.540. The minimum Gasteiger partial charge on any atom is -0.370 e. The van der Waals surface area contributed by atoms with E-state index in [0.717, 1.165) is 5.56 Å². The molecule has 0 heterocycles. The average molecular weight is 277 g/mol. The normalized spacial score (nSPS) is 13.5. The van der Waals surface area contributed by atoms with Gasteiger partial charge < -0.3 is 17.2 Å². The summed E-state index contributed by atoms with van der Waals surface area (Å²) in [6.45, 7) is 0. The molecule has 0 unspecified atom stereocenters. The molecule has 0 saturated carbocycles. The smallest absolute Gasteiger partial charge is 0.217 e. The molecular weight excluding hydrogens is 258 g/mol. The van der Waals surface area contributed by atoms with Gasteiger partial charge in [0.05, 0.1) is 12.1 Å². The van der Waals surface area contributed by atoms with Crippen LogP contribution >= 0.6 is 0 Å². The third kappa shape index (κ3) is 4.91. The molecule has 2 atom stereocenters. The molecule has 0 spiro atoms. The molecule has 6 N–H and O–H groups in total. The Bertz CT molecular complexity index is 488. The summed E-state index contributed by atoms with van der Waals surface area (Å²) in [4.78, 5) is 34.3. The number of ketones is 2. The molecule has 1 aromatic rings. The Morgan fingerprint density at radius 3 is 2.05 bits per heavy atom. The first-order valence-electron chi connectivity index (χ1n) is 6.33. The molecule has 0 radical (unpaired) electrons. The topological polar surface area (TPSA) is 129 Å². The first kappa shape index (κ1) is 16.0. The second kappa shape index (κ2) is 7.52. The summed E-state index contributed by atoms with van der Waals surface area (Å²) >= 11 is 0. The van der Waals surface area contributed by atoms with Gasteiger partial charge in [0.15, 0.2) is 0 Å². The van der Waals surface area contributed by atoms with E-state index in [0.29, 0.717) is 0 Å². The van der Waals surface area contributed by atoms with E-state index in [1.807, 2.05) is 30.3 Å². The van der Waals surface area contributed by atoms with Crippen molar-refractivity contribution in [2.75, 3.05) is 0 Å². The molecular formula is C14H19N3O3. The summed E-state index contributed by atoms with van der Waals surface area (Å²) in [6, 6.07) is 7.19. The van der Waals surface area contributed by atoms with Crippen molar-refractivity contribution in [1.29, 1.82) is 0 Å². The highest BCUT2D eigenvalue weighted by Crippen LogP contribution is 2.05. The fraction of sp³-hybridized carbons (Fsp3) is 0.357. The van der Waals surface area contributed by atoms with Gasteiger partial charge >= 0.3 is 0 Å². The van der Waals surface area contributed by atoms with Crippen molar-refractivity contribution in [3.63, 3.8) is 0 Å². The van der Waals surface area contributed by atoms with Crippen LogP contribution in [0.4, 0.5) is 0 Å². The van der Waals surface area contributed by atoms with Crippen molar-refractivity contribution in [2.24, 2.45) is 17.2 Å². The maximum atomic E-state index is 11.9. The molecule has 0 aromatic heterocycles. The lowest BCUT2D eigenvalue weighted by molar-refractivity contribution is -0.138. The number of rotatable bonds is 8. The number of carbonyl (C=O) groups excluding carboxylic acids is 3. The van der Waals surface area contributed by atoms with Crippen LogP contribution in [0.5, 0.6) is 0 Å². The van der Waals surface area contributed by atoms with Gasteiger partial charge in [0.2, 0.25) is 17.5 Å². The minimum absolute atomic E-state index is 0.0336. The molecule has 20 heavy (non-hydrogen) atoms. The van der Waals surface area contributed by atoms with Gasteiger partial charge in [0.1, 0.15) is 0 Å². The van der Waals surface area contributed by atoms with Crippen molar-refractivity contribution in [3.8, 4) is 0 Å². The van der Waals surface area contributed by atoms with Crippen molar-refractivity contribution >= 4 is 17.5 Å². The van der Waals surface area contributed by atoms with Crippen LogP contribution in [0.2, 0.25) is 0 Å². The summed E-state index contributed by atoms with van der Waals surface area (Å²) in [5, 5.41) is 0. The van der Waals surface area contributed by atoms with E-state index in [-0.39, 0.29) is 19.3 Å². The van der Waals surface area contributed by atoms with Crippen LogP contribution in [0.1, 0.15) is 18.4 Å². The maximum absolute atomic E-state index is 11.9. The predicted octanol–water partition coefficient (Wildman–Crippen LogP) is -0.713. The van der Waals surface area contributed by atoms with Crippen LogP contribution < -0.4 is 17.2 Å². The monoisotopic (exact) mass is 277 g/mol. The molecule has 1 aromatic carbocycles. The molecule has 6 nitrogen and oxygen atoms in total. The SMILES string of the molecule is NC(=O)CC[C@H](N)C(=O)C(=O)[C@@H](N)Cc1ccccc1. The van der Waals surface area contributed by atoms with E-state index in [4.69, 9.17) is 17.2 Å². The van der Waals surface area contributed by atoms with E-state index in [2.05, 4.69) is 0 Å². The van der Waals surface area contributed by atoms with Crippen LogP contribution in [-0.2, 0) is 20.8 Å². The molecule has 1 rings (SSSR count). The van der Waals surface area contributed by atoms with Crippen LogP contribution in [0.25, 0.3) is 0 Å². The van der Waals surface area contributed by atoms with E-state index in [1.54, 1.807) is 0 Å². The standard InChI is InChI=1S/C14H19N3O3/c15-10(6-7-12(17)18)13(19)14(20)11(16)8-9-4-2-1-3-5-9/h1-5,10-11H,6-8,15-16H2,(H2,17,18)/t10-,11-/m0/s1. The fourth-order valence-corrected chi connectivity index (χ4v) is 1.76. The molecule has 6 heteroatoms. The Labute approximate surface area is 117 Å². The van der Waals surface area contributed by atoms with Gasteiger partial charge in [-0.15, -0.1) is 0 Å². The van der Waals surface area contributed by atoms with Crippen molar-refractivity contribution in [1.82, 2.24) is 0 Å². The highest BCUT2D eigenvalue weighted by molar-refractivity contribution is 6.41. The molecule has 0 aliphatic rings. The van der Waals surface area contributed by atoms with Gasteiger partial charge in [-0.2, -0.15) is 0 Å². The molecule has 0 aliphatic heterocycles. The Morgan fingerprint density at radius 1 is 0.950 bits per heavy atom. The van der Waals surface area contributed by atoms with Crippen molar-refractivity contribution in [2.45, 2.75) is 31.3 Å². The molecule has 1 amide bonds. The molecule has 108 valence electrons. The Kier molecular flexibility index (Phi) is 6.02. The predicted molar refractivity (Wildman–Crippen MR) is 74.5 cm³/mol. The lowest BCUT2D eigenvalue weighted by atomic mass is 9.96. The average Bonchev–Trinajstić information content (AvgIpc) is 2.44. The Morgan fingerprint density at radius 2 is 1.50 bits per heavy atom. The zero-order chi connectivity index (χ0) is 15.1. The zero-order valence-corrected chi connectivity index (χ0v) is 11.1. The highest BCUT2D eigenvalue weighted by atomic mass is 16.2.